The third-order valence-corrected chi connectivity index (χ3v) is 3.47. The second kappa shape index (κ2) is 6.53. The van der Waals surface area contributed by atoms with Crippen molar-refractivity contribution in [3.63, 3.8) is 0 Å². The standard InChI is InChI=1S/C13H14F3N7O/c14-13(15,16)8-1-2-11(17-5-8)23-7-10(21-22-23)12(24)18-6-9-3-4-19-20-9/h1-2,5,7,9,19-20H,3-4,6H2,(H,18,24). The van der Waals surface area contributed by atoms with Crippen LogP contribution in [0, 0.1) is 0 Å². The lowest BCUT2D eigenvalue weighted by Gasteiger charge is -2.09. The number of carbonyl (C=O) groups is 1. The number of hydrazine groups is 1. The highest BCUT2D eigenvalue weighted by Gasteiger charge is 2.30. The summed E-state index contributed by atoms with van der Waals surface area (Å²) in [6.07, 6.45) is -1.55. The molecule has 3 heterocycles. The minimum absolute atomic E-state index is 0.0580. The zero-order valence-corrected chi connectivity index (χ0v) is 12.3. The molecule has 8 nitrogen and oxygen atoms in total. The monoisotopic (exact) mass is 341 g/mol. The maximum Gasteiger partial charge on any atom is 0.417 e. The maximum absolute atomic E-state index is 12.5. The Morgan fingerprint density at radius 2 is 2.25 bits per heavy atom. The molecule has 0 bridgehead atoms. The van der Waals surface area contributed by atoms with Gasteiger partial charge in [-0.25, -0.2) is 9.67 Å². The summed E-state index contributed by atoms with van der Waals surface area (Å²) in [5.74, 6) is -0.280. The summed E-state index contributed by atoms with van der Waals surface area (Å²) >= 11 is 0. The third kappa shape index (κ3) is 3.68. The van der Waals surface area contributed by atoms with Gasteiger partial charge < -0.3 is 5.32 Å². The Bertz CT molecular complexity index is 707. The molecule has 0 aromatic carbocycles. The fourth-order valence-electron chi connectivity index (χ4n) is 2.16. The van der Waals surface area contributed by atoms with Gasteiger partial charge in [0.25, 0.3) is 5.91 Å². The topological polar surface area (TPSA) is 96.8 Å². The van der Waals surface area contributed by atoms with Crippen LogP contribution < -0.4 is 16.2 Å². The van der Waals surface area contributed by atoms with Crippen molar-refractivity contribution in [1.82, 2.24) is 36.1 Å². The van der Waals surface area contributed by atoms with Crippen LogP contribution in [-0.2, 0) is 6.18 Å². The van der Waals surface area contributed by atoms with Gasteiger partial charge in [-0.2, -0.15) is 13.2 Å². The third-order valence-electron chi connectivity index (χ3n) is 3.47. The van der Waals surface area contributed by atoms with Gasteiger partial charge in [0, 0.05) is 25.3 Å². The molecule has 2 aromatic heterocycles. The summed E-state index contributed by atoms with van der Waals surface area (Å²) in [5.41, 5.74) is 5.16. The normalized spacial score (nSPS) is 17.9. The average molecular weight is 341 g/mol. The number of carbonyl (C=O) groups excluding carboxylic acids is 1. The van der Waals surface area contributed by atoms with E-state index in [2.05, 4.69) is 31.5 Å². The van der Waals surface area contributed by atoms with Gasteiger partial charge in [-0.3, -0.25) is 15.6 Å². The summed E-state index contributed by atoms with van der Waals surface area (Å²) in [5, 5.41) is 10.1. The van der Waals surface area contributed by atoms with Crippen molar-refractivity contribution >= 4 is 5.91 Å². The van der Waals surface area contributed by atoms with E-state index < -0.39 is 17.6 Å². The Hall–Kier alpha value is -2.53. The number of amides is 1. The molecule has 1 aliphatic rings. The minimum atomic E-state index is -4.46. The molecule has 0 saturated carbocycles. The molecule has 24 heavy (non-hydrogen) atoms. The number of hydrogen-bond donors (Lipinski definition) is 3. The molecule has 0 spiro atoms. The highest BCUT2D eigenvalue weighted by atomic mass is 19.4. The fourth-order valence-corrected chi connectivity index (χ4v) is 2.16. The molecule has 1 saturated heterocycles. The first-order valence-electron chi connectivity index (χ1n) is 7.16. The van der Waals surface area contributed by atoms with Crippen LogP contribution in [0.3, 0.4) is 0 Å². The number of rotatable bonds is 4. The van der Waals surface area contributed by atoms with Gasteiger partial charge in [0.1, 0.15) is 0 Å². The lowest BCUT2D eigenvalue weighted by Crippen LogP contribution is -2.40. The zero-order valence-electron chi connectivity index (χ0n) is 12.3. The van der Waals surface area contributed by atoms with Crippen LogP contribution in [-0.4, -0.2) is 45.0 Å². The lowest BCUT2D eigenvalue weighted by molar-refractivity contribution is -0.137. The molecule has 1 amide bonds. The molecule has 1 unspecified atom stereocenters. The molecule has 3 rings (SSSR count). The molecule has 0 radical (unpaired) electrons. The second-order valence-corrected chi connectivity index (χ2v) is 5.22. The molecular weight excluding hydrogens is 327 g/mol. The van der Waals surface area contributed by atoms with Crippen LogP contribution >= 0.6 is 0 Å². The van der Waals surface area contributed by atoms with E-state index in [1.807, 2.05) is 0 Å². The van der Waals surface area contributed by atoms with Gasteiger partial charge in [0.05, 0.1) is 11.8 Å². The van der Waals surface area contributed by atoms with E-state index in [1.165, 1.54) is 6.20 Å². The largest absolute Gasteiger partial charge is 0.417 e. The Balaban J connectivity index is 1.65. The quantitative estimate of drug-likeness (QED) is 0.739. The van der Waals surface area contributed by atoms with E-state index in [-0.39, 0.29) is 17.6 Å². The summed E-state index contributed by atoms with van der Waals surface area (Å²) in [4.78, 5) is 15.7. The van der Waals surface area contributed by atoms with E-state index >= 15 is 0 Å². The smallest absolute Gasteiger partial charge is 0.349 e. The molecule has 3 N–H and O–H groups in total. The molecule has 0 aliphatic carbocycles. The van der Waals surface area contributed by atoms with Crippen molar-refractivity contribution in [3.05, 3.63) is 35.8 Å². The summed E-state index contributed by atoms with van der Waals surface area (Å²) < 4.78 is 38.7. The predicted octanol–water partition coefficient (Wildman–Crippen LogP) is 0.277. The van der Waals surface area contributed by atoms with Gasteiger partial charge >= 0.3 is 6.18 Å². The Kier molecular flexibility index (Phi) is 4.44. The van der Waals surface area contributed by atoms with Gasteiger partial charge in [-0.1, -0.05) is 5.21 Å². The summed E-state index contributed by atoms with van der Waals surface area (Å²) in [7, 11) is 0. The van der Waals surface area contributed by atoms with E-state index in [1.54, 1.807) is 0 Å². The van der Waals surface area contributed by atoms with E-state index in [9.17, 15) is 18.0 Å². The van der Waals surface area contributed by atoms with Gasteiger partial charge in [-0.15, -0.1) is 5.10 Å². The number of nitrogens with one attached hydrogen (secondary N) is 3. The van der Waals surface area contributed by atoms with E-state index in [4.69, 9.17) is 0 Å². The molecule has 128 valence electrons. The van der Waals surface area contributed by atoms with Crippen molar-refractivity contribution in [2.45, 2.75) is 18.6 Å². The van der Waals surface area contributed by atoms with Crippen molar-refractivity contribution in [1.29, 1.82) is 0 Å². The Morgan fingerprint density at radius 3 is 2.88 bits per heavy atom. The zero-order chi connectivity index (χ0) is 17.2. The van der Waals surface area contributed by atoms with Crippen molar-refractivity contribution in [2.75, 3.05) is 13.1 Å². The van der Waals surface area contributed by atoms with Crippen molar-refractivity contribution < 1.29 is 18.0 Å². The number of nitrogens with zero attached hydrogens (tertiary/aromatic N) is 4. The number of pyridine rings is 1. The van der Waals surface area contributed by atoms with Crippen LogP contribution in [0.5, 0.6) is 0 Å². The SMILES string of the molecule is O=C(NCC1CCNN1)c1cn(-c2ccc(C(F)(F)F)cn2)nn1. The number of halogens is 3. The van der Waals surface area contributed by atoms with Crippen LogP contribution in [0.1, 0.15) is 22.5 Å². The Morgan fingerprint density at radius 1 is 1.42 bits per heavy atom. The Labute approximate surface area is 134 Å². The molecule has 1 fully saturated rings. The summed E-state index contributed by atoms with van der Waals surface area (Å²) in [6.45, 7) is 1.26. The lowest BCUT2D eigenvalue weighted by atomic mass is 10.2. The summed E-state index contributed by atoms with van der Waals surface area (Å²) in [6, 6.07) is 2.19. The van der Waals surface area contributed by atoms with Crippen LogP contribution in [0.4, 0.5) is 13.2 Å². The first-order valence-corrected chi connectivity index (χ1v) is 7.16. The molecule has 1 aliphatic heterocycles. The van der Waals surface area contributed by atoms with Crippen molar-refractivity contribution in [3.8, 4) is 5.82 Å². The second-order valence-electron chi connectivity index (χ2n) is 5.22. The molecule has 1 atom stereocenters. The predicted molar refractivity (Wildman–Crippen MR) is 76.0 cm³/mol. The minimum Gasteiger partial charge on any atom is -0.349 e. The molecule has 11 heteroatoms. The van der Waals surface area contributed by atoms with Crippen LogP contribution in [0.2, 0.25) is 0 Å². The average Bonchev–Trinajstić information content (AvgIpc) is 3.23. The van der Waals surface area contributed by atoms with Gasteiger partial charge in [-0.05, 0) is 18.6 Å². The number of hydrogen-bond acceptors (Lipinski definition) is 6. The first kappa shape index (κ1) is 16.3. The van der Waals surface area contributed by atoms with Crippen LogP contribution in [0.25, 0.3) is 5.82 Å². The van der Waals surface area contributed by atoms with Crippen LogP contribution in [0.15, 0.2) is 24.5 Å². The molecule has 2 aromatic rings. The number of alkyl halides is 3. The van der Waals surface area contributed by atoms with E-state index in [0.29, 0.717) is 12.7 Å². The number of aromatic nitrogens is 4. The molecular formula is C13H14F3N7O. The fraction of sp³-hybridized carbons (Fsp3) is 0.385. The van der Waals surface area contributed by atoms with Crippen molar-refractivity contribution in [2.24, 2.45) is 0 Å². The maximum atomic E-state index is 12.5. The van der Waals surface area contributed by atoms with E-state index in [0.717, 1.165) is 29.8 Å². The highest BCUT2D eigenvalue weighted by Crippen LogP contribution is 2.28. The first-order chi connectivity index (χ1) is 11.4. The highest BCUT2D eigenvalue weighted by molar-refractivity contribution is 5.91. The van der Waals surface area contributed by atoms with Gasteiger partial charge in [0.15, 0.2) is 11.5 Å². The van der Waals surface area contributed by atoms with Gasteiger partial charge in [0.2, 0.25) is 0 Å².